The summed E-state index contributed by atoms with van der Waals surface area (Å²) >= 11 is 0. The van der Waals surface area contributed by atoms with Gasteiger partial charge < -0.3 is 11.7 Å². The van der Waals surface area contributed by atoms with Crippen LogP contribution in [0.25, 0.3) is 5.32 Å². The quantitative estimate of drug-likeness (QED) is 0.168. The molecule has 4 aromatic rings. The van der Waals surface area contributed by atoms with E-state index in [1.807, 2.05) is 91.0 Å². The maximum absolute atomic E-state index is 4.74. The summed E-state index contributed by atoms with van der Waals surface area (Å²) in [5, 5.41) is 4.57. The third-order valence-corrected chi connectivity index (χ3v) is 5.24. The third kappa shape index (κ3) is 10.4. The van der Waals surface area contributed by atoms with Crippen molar-refractivity contribution in [1.29, 1.82) is 0 Å². The molecule has 1 heterocycles. The van der Waals surface area contributed by atoms with Gasteiger partial charge in [0, 0.05) is 37.2 Å². The number of aromatic nitrogens is 1. The Morgan fingerprint density at radius 1 is 0.735 bits per heavy atom. The molecule has 1 fully saturated rings. The van der Waals surface area contributed by atoms with Crippen LogP contribution in [0.15, 0.2) is 109 Å². The third-order valence-electron chi connectivity index (χ3n) is 5.24. The number of hydrogen-bond donors (Lipinski definition) is 0. The van der Waals surface area contributed by atoms with Crippen LogP contribution in [-0.4, -0.2) is 4.98 Å². The van der Waals surface area contributed by atoms with Gasteiger partial charge in [0.15, 0.2) is 0 Å². The smallest absolute Gasteiger partial charge is 0.0230 e. The summed E-state index contributed by atoms with van der Waals surface area (Å²) in [5.74, 6) is 0.552. The fraction of sp³-hybridized carbons (Fsp3) is 0.161. The fourth-order valence-corrected chi connectivity index (χ4v) is 3.50. The normalized spacial score (nSPS) is 13.8. The topological polar surface area (TPSA) is 27.0 Å². The summed E-state index contributed by atoms with van der Waals surface area (Å²) in [4.78, 5) is 4.74. The summed E-state index contributed by atoms with van der Waals surface area (Å²) in [6.45, 7) is 8.10. The van der Waals surface area contributed by atoms with E-state index < -0.39 is 0 Å². The molecule has 0 bridgehead atoms. The van der Waals surface area contributed by atoms with Gasteiger partial charge in [0.05, 0.1) is 0 Å². The molecule has 1 aromatic heterocycles. The van der Waals surface area contributed by atoms with E-state index in [2.05, 4.69) is 43.8 Å². The zero-order valence-corrected chi connectivity index (χ0v) is 23.3. The van der Waals surface area contributed by atoms with Gasteiger partial charge in [-0.15, -0.1) is 35.9 Å². The zero-order valence-electron chi connectivity index (χ0n) is 19.7. The van der Waals surface area contributed by atoms with Crippen molar-refractivity contribution in [2.24, 2.45) is 0 Å². The van der Waals surface area contributed by atoms with Gasteiger partial charge in [0.2, 0.25) is 0 Å². The number of para-hydroxylation sites is 1. The monoisotopic (exact) mass is 612 g/mol. The van der Waals surface area contributed by atoms with E-state index in [0.717, 1.165) is 22.5 Å². The van der Waals surface area contributed by atoms with E-state index in [9.17, 15) is 0 Å². The van der Waals surface area contributed by atoms with Crippen LogP contribution in [0.5, 0.6) is 0 Å². The molecule has 1 atom stereocenters. The first-order chi connectivity index (χ1) is 16.2. The number of hydrogen-bond acceptors (Lipinski definition) is 1. The van der Waals surface area contributed by atoms with Crippen molar-refractivity contribution in [2.45, 2.75) is 31.7 Å². The van der Waals surface area contributed by atoms with Crippen LogP contribution < -0.4 is 0 Å². The van der Waals surface area contributed by atoms with Crippen LogP contribution in [0.1, 0.15) is 47.7 Å². The Hall–Kier alpha value is -2.78. The molecule has 1 saturated carbocycles. The van der Waals surface area contributed by atoms with Crippen LogP contribution in [0, 0.1) is 20.3 Å². The van der Waals surface area contributed by atoms with E-state index in [-0.39, 0.29) is 25.8 Å². The van der Waals surface area contributed by atoms with Crippen LogP contribution in [0.2, 0.25) is 0 Å². The van der Waals surface area contributed by atoms with Gasteiger partial charge in [-0.2, -0.15) is 55.7 Å². The molecular weight excluding hydrogens is 579 g/mol. The maximum atomic E-state index is 4.74. The van der Waals surface area contributed by atoms with Gasteiger partial charge in [-0.3, -0.25) is 4.98 Å². The molecule has 2 nitrogen and oxygen atoms in total. The van der Waals surface area contributed by atoms with Crippen LogP contribution in [0.3, 0.4) is 0 Å². The Balaban J connectivity index is 0.000000224. The molecule has 0 amide bonds. The molecule has 174 valence electrons. The molecule has 5 rings (SSSR count). The predicted octanol–water partition coefficient (Wildman–Crippen LogP) is 8.49. The number of pyridine rings is 1. The van der Waals surface area contributed by atoms with Gasteiger partial charge in [0.25, 0.3) is 0 Å². The first kappa shape index (κ1) is 27.5. The van der Waals surface area contributed by atoms with Crippen molar-refractivity contribution < 1.29 is 25.8 Å². The van der Waals surface area contributed by atoms with E-state index in [4.69, 9.17) is 4.98 Å². The van der Waals surface area contributed by atoms with Gasteiger partial charge in [0.1, 0.15) is 0 Å². The van der Waals surface area contributed by atoms with Gasteiger partial charge >= 0.3 is 0 Å². The molecular formula is C31H32HfN2-4. The Morgan fingerprint density at radius 3 is 1.76 bits per heavy atom. The molecule has 3 heteroatoms. The maximum Gasteiger partial charge on any atom is 0.0230 e. The Labute approximate surface area is 224 Å². The summed E-state index contributed by atoms with van der Waals surface area (Å²) in [6, 6.07) is 36.1. The SMILES string of the molecule is [CH2-]c1ccccc1.[CH2-]c1ccccc1.[Hf].c1ccc([N-]Cc2cccc(C3[CH-]CCC3)n2)cc1. The zero-order chi connectivity index (χ0) is 23.1. The average molecular weight is 611 g/mol. The second-order valence-corrected chi connectivity index (χ2v) is 7.95. The molecule has 0 radical (unpaired) electrons. The first-order valence-electron chi connectivity index (χ1n) is 11.5. The van der Waals surface area contributed by atoms with Crippen molar-refractivity contribution >= 4 is 5.69 Å². The minimum Gasteiger partial charge on any atom is -0.679 e. The summed E-state index contributed by atoms with van der Waals surface area (Å²) in [7, 11) is 0. The van der Waals surface area contributed by atoms with Gasteiger partial charge in [-0.25, -0.2) is 0 Å². The first-order valence-corrected chi connectivity index (χ1v) is 11.5. The minimum absolute atomic E-state index is 0. The molecule has 1 aliphatic carbocycles. The Bertz CT molecular complexity index is 993. The largest absolute Gasteiger partial charge is 0.679 e. The predicted molar refractivity (Wildman–Crippen MR) is 140 cm³/mol. The summed E-state index contributed by atoms with van der Waals surface area (Å²) in [6.07, 6.45) is 6.16. The minimum atomic E-state index is 0. The molecule has 3 aromatic carbocycles. The molecule has 0 spiro atoms. The molecule has 0 saturated heterocycles. The Morgan fingerprint density at radius 2 is 1.29 bits per heavy atom. The van der Waals surface area contributed by atoms with E-state index in [1.54, 1.807) is 0 Å². The Kier molecular flexibility index (Phi) is 12.9. The number of benzene rings is 3. The summed E-state index contributed by atoms with van der Waals surface area (Å²) in [5.41, 5.74) is 5.42. The molecule has 0 N–H and O–H groups in total. The van der Waals surface area contributed by atoms with E-state index in [1.165, 1.54) is 25.0 Å². The van der Waals surface area contributed by atoms with E-state index >= 15 is 0 Å². The second kappa shape index (κ2) is 16.0. The van der Waals surface area contributed by atoms with Crippen LogP contribution in [0.4, 0.5) is 5.69 Å². The second-order valence-electron chi connectivity index (χ2n) is 7.95. The number of rotatable bonds is 4. The van der Waals surface area contributed by atoms with Crippen molar-refractivity contribution in [3.63, 3.8) is 0 Å². The van der Waals surface area contributed by atoms with Gasteiger partial charge in [-0.1, -0.05) is 67.9 Å². The van der Waals surface area contributed by atoms with Crippen LogP contribution >= 0.6 is 0 Å². The van der Waals surface area contributed by atoms with Crippen molar-refractivity contribution in [1.82, 2.24) is 4.98 Å². The van der Waals surface area contributed by atoms with Crippen molar-refractivity contribution in [2.75, 3.05) is 0 Å². The fourth-order valence-electron chi connectivity index (χ4n) is 3.50. The molecule has 1 aliphatic rings. The average Bonchev–Trinajstić information content (AvgIpc) is 3.41. The van der Waals surface area contributed by atoms with Crippen LogP contribution in [-0.2, 0) is 32.4 Å². The number of nitrogens with zero attached hydrogens (tertiary/aromatic N) is 2. The molecule has 34 heavy (non-hydrogen) atoms. The van der Waals surface area contributed by atoms with Crippen molar-refractivity contribution in [3.05, 3.63) is 157 Å². The van der Waals surface area contributed by atoms with E-state index in [0.29, 0.717) is 12.5 Å². The van der Waals surface area contributed by atoms with Gasteiger partial charge in [-0.05, 0) is 12.1 Å². The molecule has 1 unspecified atom stereocenters. The van der Waals surface area contributed by atoms with Crippen molar-refractivity contribution in [3.8, 4) is 0 Å². The molecule has 0 aliphatic heterocycles. The summed E-state index contributed by atoms with van der Waals surface area (Å²) < 4.78 is 0. The standard InChI is InChI=1S/C17H18N2.2C7H7.Hf/c1-2-9-15(10-3-1)18-13-16-11-6-12-17(19-16)14-7-4-5-8-14;2*1-7-5-3-2-4-6-7;/h1-3,6-7,9-12,14H,4-5,8,13H2;2*2-6H,1H2;/q-2;2*-1;.